The van der Waals surface area contributed by atoms with E-state index in [-0.39, 0.29) is 11.6 Å². The number of nitro groups is 1. The smallest absolute Gasteiger partial charge is 0.274 e. The summed E-state index contributed by atoms with van der Waals surface area (Å²) in [5, 5.41) is 13.7. The summed E-state index contributed by atoms with van der Waals surface area (Å²) in [4.78, 5) is 24.7. The molecule has 0 atom stereocenters. The third-order valence-corrected chi connectivity index (χ3v) is 3.88. The Hall–Kier alpha value is -1.95. The molecule has 1 amide bonds. The average molecular weight is 291 g/mol. The lowest BCUT2D eigenvalue weighted by Crippen LogP contribution is -2.32. The predicted molar refractivity (Wildman–Crippen MR) is 81.4 cm³/mol. The van der Waals surface area contributed by atoms with E-state index in [1.165, 1.54) is 25.3 Å². The van der Waals surface area contributed by atoms with E-state index in [4.69, 9.17) is 0 Å². The van der Waals surface area contributed by atoms with Crippen LogP contribution in [0.2, 0.25) is 0 Å². The molecule has 6 heteroatoms. The number of carbonyl (C=O) groups excluding carboxylic acids is 1. The molecule has 114 valence electrons. The Kier molecular flexibility index (Phi) is 5.27. The molecule has 0 unspecified atom stereocenters. The molecule has 2 rings (SSSR count). The second-order valence-corrected chi connectivity index (χ2v) is 5.41. The molecule has 1 aliphatic heterocycles. The van der Waals surface area contributed by atoms with Gasteiger partial charge < -0.3 is 10.2 Å². The lowest BCUT2D eigenvalue weighted by Gasteiger charge is -2.26. The van der Waals surface area contributed by atoms with Crippen molar-refractivity contribution in [2.75, 3.05) is 25.0 Å². The van der Waals surface area contributed by atoms with E-state index >= 15 is 0 Å². The number of piperidine rings is 1. The molecule has 0 saturated carbocycles. The van der Waals surface area contributed by atoms with Gasteiger partial charge in [-0.15, -0.1) is 0 Å². The summed E-state index contributed by atoms with van der Waals surface area (Å²) in [6.07, 6.45) is 4.09. The molecule has 6 nitrogen and oxygen atoms in total. The fourth-order valence-corrected chi connectivity index (χ4v) is 2.61. The SMILES string of the molecule is Cc1c(NC(=O)CCN2CCCCC2)cccc1[N+](=O)[O-]. The van der Waals surface area contributed by atoms with E-state index in [0.717, 1.165) is 19.6 Å². The Morgan fingerprint density at radius 2 is 2.05 bits per heavy atom. The average Bonchev–Trinajstić information content (AvgIpc) is 2.48. The number of hydrogen-bond donors (Lipinski definition) is 1. The minimum Gasteiger partial charge on any atom is -0.326 e. The van der Waals surface area contributed by atoms with E-state index in [2.05, 4.69) is 10.2 Å². The Morgan fingerprint density at radius 3 is 2.71 bits per heavy atom. The lowest BCUT2D eigenvalue weighted by atomic mass is 10.1. The van der Waals surface area contributed by atoms with Crippen LogP contribution in [0.15, 0.2) is 18.2 Å². The highest BCUT2D eigenvalue weighted by Crippen LogP contribution is 2.25. The van der Waals surface area contributed by atoms with E-state index in [9.17, 15) is 14.9 Å². The van der Waals surface area contributed by atoms with Gasteiger partial charge in [0.2, 0.25) is 5.91 Å². The zero-order valence-electron chi connectivity index (χ0n) is 12.3. The highest BCUT2D eigenvalue weighted by molar-refractivity contribution is 5.92. The van der Waals surface area contributed by atoms with Gasteiger partial charge in [0, 0.05) is 19.0 Å². The van der Waals surface area contributed by atoms with E-state index in [1.807, 2.05) is 0 Å². The van der Waals surface area contributed by atoms with Gasteiger partial charge in [0.25, 0.3) is 5.69 Å². The maximum Gasteiger partial charge on any atom is 0.274 e. The lowest BCUT2D eigenvalue weighted by molar-refractivity contribution is -0.385. The summed E-state index contributed by atoms with van der Waals surface area (Å²) >= 11 is 0. The van der Waals surface area contributed by atoms with Crippen LogP contribution in [-0.4, -0.2) is 35.4 Å². The van der Waals surface area contributed by atoms with Gasteiger partial charge >= 0.3 is 0 Å². The number of amides is 1. The number of benzene rings is 1. The standard InChI is InChI=1S/C15H21N3O3/c1-12-13(6-5-7-14(12)18(20)21)16-15(19)8-11-17-9-3-2-4-10-17/h5-7H,2-4,8-11H2,1H3,(H,16,19). The van der Waals surface area contributed by atoms with Crippen molar-refractivity contribution < 1.29 is 9.72 Å². The Labute approximate surface area is 124 Å². The molecule has 0 aliphatic carbocycles. The second-order valence-electron chi connectivity index (χ2n) is 5.41. The van der Waals surface area contributed by atoms with Gasteiger partial charge in [-0.2, -0.15) is 0 Å². The van der Waals surface area contributed by atoms with E-state index in [0.29, 0.717) is 17.7 Å². The van der Waals surface area contributed by atoms with Crippen LogP contribution < -0.4 is 5.32 Å². The summed E-state index contributed by atoms with van der Waals surface area (Å²) in [7, 11) is 0. The normalized spacial score (nSPS) is 15.7. The van der Waals surface area contributed by atoms with Crippen LogP contribution in [0.1, 0.15) is 31.2 Å². The zero-order valence-corrected chi connectivity index (χ0v) is 12.3. The molecule has 0 radical (unpaired) electrons. The summed E-state index contributed by atoms with van der Waals surface area (Å²) in [6.45, 7) is 4.52. The third kappa shape index (κ3) is 4.26. The highest BCUT2D eigenvalue weighted by Gasteiger charge is 2.16. The quantitative estimate of drug-likeness (QED) is 0.668. The van der Waals surface area contributed by atoms with Gasteiger partial charge in [0.05, 0.1) is 16.2 Å². The number of carbonyl (C=O) groups is 1. The molecule has 1 aliphatic rings. The van der Waals surface area contributed by atoms with Gasteiger partial charge in [0.1, 0.15) is 0 Å². The molecule has 1 aromatic rings. The molecule has 1 N–H and O–H groups in total. The monoisotopic (exact) mass is 291 g/mol. The molecule has 21 heavy (non-hydrogen) atoms. The molecular weight excluding hydrogens is 270 g/mol. The number of likely N-dealkylation sites (tertiary alicyclic amines) is 1. The first-order valence-corrected chi connectivity index (χ1v) is 7.34. The first-order valence-electron chi connectivity index (χ1n) is 7.34. The first-order chi connectivity index (χ1) is 10.1. The molecule has 0 spiro atoms. The molecule has 1 aromatic carbocycles. The summed E-state index contributed by atoms with van der Waals surface area (Å²) in [5.41, 5.74) is 1.05. The van der Waals surface area contributed by atoms with Crippen LogP contribution in [0.3, 0.4) is 0 Å². The van der Waals surface area contributed by atoms with Crippen LogP contribution in [-0.2, 0) is 4.79 Å². The van der Waals surface area contributed by atoms with Crippen molar-refractivity contribution in [3.8, 4) is 0 Å². The summed E-state index contributed by atoms with van der Waals surface area (Å²) < 4.78 is 0. The van der Waals surface area contributed by atoms with Gasteiger partial charge in [-0.25, -0.2) is 0 Å². The van der Waals surface area contributed by atoms with E-state index in [1.54, 1.807) is 19.1 Å². The Morgan fingerprint density at radius 1 is 1.33 bits per heavy atom. The summed E-state index contributed by atoms with van der Waals surface area (Å²) in [5.74, 6) is -0.0934. The Bertz CT molecular complexity index is 525. The van der Waals surface area contributed by atoms with Gasteiger partial charge in [-0.3, -0.25) is 14.9 Å². The molecule has 0 aromatic heterocycles. The van der Waals surface area contributed by atoms with Crippen molar-refractivity contribution in [3.63, 3.8) is 0 Å². The van der Waals surface area contributed by atoms with Crippen molar-refractivity contribution in [2.45, 2.75) is 32.6 Å². The maximum atomic E-state index is 12.0. The molecular formula is C15H21N3O3. The van der Waals surface area contributed by atoms with Crippen molar-refractivity contribution in [2.24, 2.45) is 0 Å². The van der Waals surface area contributed by atoms with E-state index < -0.39 is 4.92 Å². The van der Waals surface area contributed by atoms with Crippen LogP contribution in [0, 0.1) is 17.0 Å². The second kappa shape index (κ2) is 7.17. The van der Waals surface area contributed by atoms with Crippen molar-refractivity contribution >= 4 is 17.3 Å². The number of nitrogens with one attached hydrogen (secondary N) is 1. The number of rotatable bonds is 5. The minimum absolute atomic E-state index is 0.0313. The van der Waals surface area contributed by atoms with Crippen LogP contribution in [0.4, 0.5) is 11.4 Å². The fraction of sp³-hybridized carbons (Fsp3) is 0.533. The number of hydrogen-bond acceptors (Lipinski definition) is 4. The summed E-state index contributed by atoms with van der Waals surface area (Å²) in [6, 6.07) is 4.73. The number of anilines is 1. The molecule has 0 bridgehead atoms. The van der Waals surface area contributed by atoms with Gasteiger partial charge in [0.15, 0.2) is 0 Å². The van der Waals surface area contributed by atoms with Crippen LogP contribution in [0.5, 0.6) is 0 Å². The van der Waals surface area contributed by atoms with Crippen molar-refractivity contribution in [3.05, 3.63) is 33.9 Å². The van der Waals surface area contributed by atoms with Gasteiger partial charge in [-0.1, -0.05) is 12.5 Å². The van der Waals surface area contributed by atoms with Crippen molar-refractivity contribution in [1.29, 1.82) is 0 Å². The molecule has 1 saturated heterocycles. The third-order valence-electron chi connectivity index (χ3n) is 3.88. The van der Waals surface area contributed by atoms with Crippen LogP contribution in [0.25, 0.3) is 0 Å². The fourth-order valence-electron chi connectivity index (χ4n) is 2.61. The predicted octanol–water partition coefficient (Wildman–Crippen LogP) is 2.72. The Balaban J connectivity index is 1.90. The molecule has 1 heterocycles. The molecule has 1 fully saturated rings. The number of nitro benzene ring substituents is 1. The topological polar surface area (TPSA) is 75.5 Å². The van der Waals surface area contributed by atoms with Crippen LogP contribution >= 0.6 is 0 Å². The van der Waals surface area contributed by atoms with Gasteiger partial charge in [-0.05, 0) is 38.9 Å². The largest absolute Gasteiger partial charge is 0.326 e. The number of nitrogens with zero attached hydrogens (tertiary/aromatic N) is 2. The zero-order chi connectivity index (χ0) is 15.2. The minimum atomic E-state index is -0.432. The first kappa shape index (κ1) is 15.4. The van der Waals surface area contributed by atoms with Crippen molar-refractivity contribution in [1.82, 2.24) is 4.90 Å². The highest BCUT2D eigenvalue weighted by atomic mass is 16.6. The maximum absolute atomic E-state index is 12.0.